The number of benzene rings is 2. The first-order valence-corrected chi connectivity index (χ1v) is 10.9. The standard InChI is InChI=1S/C27H27NO5/c1-5-32-21-11-10-19(14-18(21)4)25(29)23-24(22-7-6-12-33-22)28(27(31)26(23)30)15-20-13-16(2)8-9-17(20)3/h6-14,24,29H,5,15H2,1-4H3/b25-23-. The number of hydrogen-bond acceptors (Lipinski definition) is 5. The number of ketones is 1. The molecule has 1 N–H and O–H groups in total. The van der Waals surface area contributed by atoms with Gasteiger partial charge in [0.25, 0.3) is 11.7 Å². The Balaban J connectivity index is 1.82. The Kier molecular flexibility index (Phi) is 6.09. The van der Waals surface area contributed by atoms with Crippen LogP contribution in [0.1, 0.15) is 46.5 Å². The van der Waals surface area contributed by atoms with Crippen LogP contribution in [0.5, 0.6) is 5.75 Å². The third kappa shape index (κ3) is 4.16. The zero-order chi connectivity index (χ0) is 23.7. The molecule has 2 aromatic carbocycles. The molecule has 1 aliphatic rings. The van der Waals surface area contributed by atoms with Crippen molar-refractivity contribution in [3.05, 3.63) is 93.9 Å². The van der Waals surface area contributed by atoms with Crippen LogP contribution < -0.4 is 4.74 Å². The summed E-state index contributed by atoms with van der Waals surface area (Å²) in [6, 6.07) is 13.8. The fourth-order valence-electron chi connectivity index (χ4n) is 4.21. The summed E-state index contributed by atoms with van der Waals surface area (Å²) in [5, 5.41) is 11.2. The molecule has 6 nitrogen and oxygen atoms in total. The quantitative estimate of drug-likeness (QED) is 0.319. The van der Waals surface area contributed by atoms with Crippen molar-refractivity contribution in [1.29, 1.82) is 0 Å². The molecule has 6 heteroatoms. The monoisotopic (exact) mass is 445 g/mol. The summed E-state index contributed by atoms with van der Waals surface area (Å²) in [5.41, 5.74) is 4.29. The molecular formula is C27H27NO5. The SMILES string of the molecule is CCOc1ccc(/C(O)=C2/C(=O)C(=O)N(Cc3cc(C)ccc3C)C2c2ccco2)cc1C. The molecule has 1 fully saturated rings. The van der Waals surface area contributed by atoms with E-state index in [-0.39, 0.29) is 17.9 Å². The molecule has 0 spiro atoms. The molecule has 1 atom stereocenters. The van der Waals surface area contributed by atoms with Crippen LogP contribution in [-0.2, 0) is 16.1 Å². The third-order valence-electron chi connectivity index (χ3n) is 5.95. The lowest BCUT2D eigenvalue weighted by molar-refractivity contribution is -0.140. The van der Waals surface area contributed by atoms with Gasteiger partial charge in [0.05, 0.1) is 18.4 Å². The van der Waals surface area contributed by atoms with E-state index in [0.29, 0.717) is 23.7 Å². The number of nitrogens with zero attached hydrogens (tertiary/aromatic N) is 1. The van der Waals surface area contributed by atoms with Crippen molar-refractivity contribution >= 4 is 17.4 Å². The van der Waals surface area contributed by atoms with Gasteiger partial charge in [0.2, 0.25) is 0 Å². The van der Waals surface area contributed by atoms with Gasteiger partial charge in [-0.3, -0.25) is 9.59 Å². The first-order valence-electron chi connectivity index (χ1n) is 10.9. The van der Waals surface area contributed by atoms with Gasteiger partial charge in [-0.1, -0.05) is 23.8 Å². The first-order chi connectivity index (χ1) is 15.8. The third-order valence-corrected chi connectivity index (χ3v) is 5.95. The number of aliphatic hydroxyl groups is 1. The van der Waals surface area contributed by atoms with Crippen molar-refractivity contribution in [1.82, 2.24) is 4.90 Å². The lowest BCUT2D eigenvalue weighted by Crippen LogP contribution is -2.29. The van der Waals surface area contributed by atoms with E-state index >= 15 is 0 Å². The van der Waals surface area contributed by atoms with E-state index in [4.69, 9.17) is 9.15 Å². The number of ether oxygens (including phenoxy) is 1. The number of aliphatic hydroxyl groups excluding tert-OH is 1. The van der Waals surface area contributed by atoms with E-state index in [0.717, 1.165) is 22.3 Å². The Hall–Kier alpha value is -3.80. The van der Waals surface area contributed by atoms with Crippen molar-refractivity contribution in [2.24, 2.45) is 0 Å². The lowest BCUT2D eigenvalue weighted by Gasteiger charge is -2.24. The van der Waals surface area contributed by atoms with E-state index in [9.17, 15) is 14.7 Å². The van der Waals surface area contributed by atoms with E-state index < -0.39 is 17.7 Å². The number of likely N-dealkylation sites (tertiary alicyclic amines) is 1. The van der Waals surface area contributed by atoms with Crippen molar-refractivity contribution < 1.29 is 23.8 Å². The molecule has 2 heterocycles. The molecule has 0 radical (unpaired) electrons. The second-order valence-corrected chi connectivity index (χ2v) is 8.29. The largest absolute Gasteiger partial charge is 0.507 e. The average molecular weight is 446 g/mol. The summed E-state index contributed by atoms with van der Waals surface area (Å²) in [6.07, 6.45) is 1.49. The van der Waals surface area contributed by atoms with Crippen molar-refractivity contribution in [3.8, 4) is 5.75 Å². The molecule has 33 heavy (non-hydrogen) atoms. The molecule has 3 aromatic rings. The van der Waals surface area contributed by atoms with Crippen LogP contribution in [0, 0.1) is 20.8 Å². The smallest absolute Gasteiger partial charge is 0.296 e. The van der Waals surface area contributed by atoms with Gasteiger partial charge in [0.15, 0.2) is 0 Å². The number of furan rings is 1. The van der Waals surface area contributed by atoms with Crippen LogP contribution in [0.15, 0.2) is 64.8 Å². The molecule has 1 aliphatic heterocycles. The Morgan fingerprint density at radius 1 is 1.06 bits per heavy atom. The number of Topliss-reactive ketones (excluding diaryl/α,β-unsaturated/α-hetero) is 1. The normalized spacial score (nSPS) is 17.6. The number of hydrogen-bond donors (Lipinski definition) is 1. The van der Waals surface area contributed by atoms with Crippen molar-refractivity contribution in [3.63, 3.8) is 0 Å². The van der Waals surface area contributed by atoms with E-state index in [1.807, 2.05) is 45.9 Å². The van der Waals surface area contributed by atoms with Gasteiger partial charge in [-0.25, -0.2) is 0 Å². The predicted molar refractivity (Wildman–Crippen MR) is 125 cm³/mol. The molecular weight excluding hydrogens is 418 g/mol. The van der Waals surface area contributed by atoms with E-state index in [1.165, 1.54) is 11.2 Å². The van der Waals surface area contributed by atoms with Gasteiger partial charge < -0.3 is 19.2 Å². The van der Waals surface area contributed by atoms with Crippen LogP contribution in [0.3, 0.4) is 0 Å². The minimum atomic E-state index is -0.827. The van der Waals surface area contributed by atoms with Gasteiger partial charge in [-0.05, 0) is 74.7 Å². The second kappa shape index (κ2) is 8.98. The summed E-state index contributed by atoms with van der Waals surface area (Å²) in [4.78, 5) is 27.8. The molecule has 1 aromatic heterocycles. The molecule has 1 amide bonds. The van der Waals surface area contributed by atoms with Crippen molar-refractivity contribution in [2.75, 3.05) is 6.61 Å². The van der Waals surface area contributed by atoms with Gasteiger partial charge in [-0.2, -0.15) is 0 Å². The highest BCUT2D eigenvalue weighted by Crippen LogP contribution is 2.41. The Morgan fingerprint density at radius 3 is 2.52 bits per heavy atom. The second-order valence-electron chi connectivity index (χ2n) is 8.29. The van der Waals surface area contributed by atoms with Crippen molar-refractivity contribution in [2.45, 2.75) is 40.3 Å². The van der Waals surface area contributed by atoms with Crippen LogP contribution in [0.25, 0.3) is 5.76 Å². The fraction of sp³-hybridized carbons (Fsp3) is 0.259. The summed E-state index contributed by atoms with van der Waals surface area (Å²) in [7, 11) is 0. The number of amides is 1. The van der Waals surface area contributed by atoms with E-state index in [1.54, 1.807) is 30.3 Å². The molecule has 4 rings (SSSR count). The summed E-state index contributed by atoms with van der Waals surface area (Å²) >= 11 is 0. The molecule has 1 unspecified atom stereocenters. The Morgan fingerprint density at radius 2 is 1.85 bits per heavy atom. The predicted octanol–water partition coefficient (Wildman–Crippen LogP) is 5.23. The van der Waals surface area contributed by atoms with Crippen LogP contribution in [0.4, 0.5) is 0 Å². The molecule has 0 aliphatic carbocycles. The van der Waals surface area contributed by atoms with Crippen LogP contribution in [0.2, 0.25) is 0 Å². The average Bonchev–Trinajstić information content (AvgIpc) is 3.40. The number of carbonyl (C=O) groups is 2. The maximum Gasteiger partial charge on any atom is 0.296 e. The number of rotatable bonds is 6. The van der Waals surface area contributed by atoms with E-state index in [2.05, 4.69) is 0 Å². The molecule has 170 valence electrons. The van der Waals surface area contributed by atoms with Gasteiger partial charge in [0.1, 0.15) is 23.3 Å². The van der Waals surface area contributed by atoms with Crippen LogP contribution >= 0.6 is 0 Å². The maximum atomic E-state index is 13.2. The first kappa shape index (κ1) is 22.4. The number of aryl methyl sites for hydroxylation is 3. The highest BCUT2D eigenvalue weighted by molar-refractivity contribution is 6.46. The lowest BCUT2D eigenvalue weighted by atomic mass is 9.98. The molecule has 0 bridgehead atoms. The molecule has 1 saturated heterocycles. The minimum Gasteiger partial charge on any atom is -0.507 e. The van der Waals surface area contributed by atoms with Gasteiger partial charge in [-0.15, -0.1) is 0 Å². The molecule has 0 saturated carbocycles. The van der Waals surface area contributed by atoms with Crippen LogP contribution in [-0.4, -0.2) is 28.3 Å². The summed E-state index contributed by atoms with van der Waals surface area (Å²) < 4.78 is 11.2. The highest BCUT2D eigenvalue weighted by Gasteiger charge is 2.47. The summed E-state index contributed by atoms with van der Waals surface area (Å²) in [6.45, 7) is 8.46. The summed E-state index contributed by atoms with van der Waals surface area (Å²) in [5.74, 6) is -0.507. The zero-order valence-corrected chi connectivity index (χ0v) is 19.2. The minimum absolute atomic E-state index is 0.0174. The zero-order valence-electron chi connectivity index (χ0n) is 19.2. The van der Waals surface area contributed by atoms with Gasteiger partial charge >= 0.3 is 0 Å². The maximum absolute atomic E-state index is 13.2. The Labute approximate surface area is 193 Å². The highest BCUT2D eigenvalue weighted by atomic mass is 16.5. The number of carbonyl (C=O) groups excluding carboxylic acids is 2. The fourth-order valence-corrected chi connectivity index (χ4v) is 4.21. The van der Waals surface area contributed by atoms with Gasteiger partial charge in [0, 0.05) is 12.1 Å². The Bertz CT molecular complexity index is 1240. The topological polar surface area (TPSA) is 80.0 Å².